The molecule has 1 atom stereocenters. The Balaban J connectivity index is 1.72. The van der Waals surface area contributed by atoms with Gasteiger partial charge in [0.1, 0.15) is 5.75 Å². The van der Waals surface area contributed by atoms with E-state index in [1.54, 1.807) is 13.3 Å². The molecule has 0 saturated heterocycles. The topological polar surface area (TPSA) is 47.0 Å². The van der Waals surface area contributed by atoms with Gasteiger partial charge in [0.2, 0.25) is 0 Å². The van der Waals surface area contributed by atoms with Gasteiger partial charge in [-0.05, 0) is 48.2 Å². The normalized spacial score (nSPS) is 17.2. The summed E-state index contributed by atoms with van der Waals surface area (Å²) >= 11 is 0. The molecular weight excluding hydrogens is 238 g/mol. The summed E-state index contributed by atoms with van der Waals surface area (Å²) < 4.78 is 5.30. The zero-order valence-electron chi connectivity index (χ0n) is 11.0. The zero-order valence-corrected chi connectivity index (χ0v) is 11.0. The maximum atomic E-state index is 5.30. The van der Waals surface area contributed by atoms with E-state index in [2.05, 4.69) is 27.6 Å². The Labute approximate surface area is 112 Å². The van der Waals surface area contributed by atoms with Crippen molar-refractivity contribution in [3.8, 4) is 5.75 Å². The highest BCUT2D eigenvalue weighted by atomic mass is 16.5. The van der Waals surface area contributed by atoms with E-state index in [1.165, 1.54) is 11.1 Å². The fourth-order valence-corrected chi connectivity index (χ4v) is 2.57. The molecule has 19 heavy (non-hydrogen) atoms. The van der Waals surface area contributed by atoms with Gasteiger partial charge < -0.3 is 10.1 Å². The molecule has 0 saturated carbocycles. The maximum Gasteiger partial charge on any atom is 0.119 e. The molecule has 1 aromatic heterocycles. The Morgan fingerprint density at radius 3 is 3.11 bits per heavy atom. The average molecular weight is 255 g/mol. The third-order valence-electron chi connectivity index (χ3n) is 3.59. The Bertz CT molecular complexity index is 557. The highest BCUT2D eigenvalue weighted by Crippen LogP contribution is 2.33. The van der Waals surface area contributed by atoms with Crippen molar-refractivity contribution in [2.45, 2.75) is 25.4 Å². The number of fused-ring (bicyclic) bond motifs is 1. The SMILES string of the molecule is COc1ccc2c(c1)C(NCc1cccnn1)CC2. The molecule has 98 valence electrons. The van der Waals surface area contributed by atoms with Crippen LogP contribution in [0.25, 0.3) is 0 Å². The first-order valence-corrected chi connectivity index (χ1v) is 6.53. The molecule has 0 spiro atoms. The van der Waals surface area contributed by atoms with Crippen molar-refractivity contribution in [3.05, 3.63) is 53.3 Å². The highest BCUT2D eigenvalue weighted by Gasteiger charge is 2.22. The molecule has 4 heteroatoms. The van der Waals surface area contributed by atoms with Crippen molar-refractivity contribution in [2.24, 2.45) is 0 Å². The highest BCUT2D eigenvalue weighted by molar-refractivity contribution is 5.40. The van der Waals surface area contributed by atoms with Gasteiger partial charge in [-0.1, -0.05) is 6.07 Å². The van der Waals surface area contributed by atoms with Crippen LogP contribution in [0.2, 0.25) is 0 Å². The maximum absolute atomic E-state index is 5.30. The lowest BCUT2D eigenvalue weighted by molar-refractivity contribution is 0.413. The monoisotopic (exact) mass is 255 g/mol. The van der Waals surface area contributed by atoms with Crippen molar-refractivity contribution in [2.75, 3.05) is 7.11 Å². The number of benzene rings is 1. The first-order chi connectivity index (χ1) is 9.36. The van der Waals surface area contributed by atoms with Crippen LogP contribution in [-0.2, 0) is 13.0 Å². The largest absolute Gasteiger partial charge is 0.497 e. The molecule has 1 aromatic carbocycles. The van der Waals surface area contributed by atoms with Crippen LogP contribution in [0.3, 0.4) is 0 Å². The number of rotatable bonds is 4. The molecule has 1 heterocycles. The molecule has 2 aromatic rings. The molecule has 1 aliphatic carbocycles. The molecule has 4 nitrogen and oxygen atoms in total. The lowest BCUT2D eigenvalue weighted by Crippen LogP contribution is -2.19. The first-order valence-electron chi connectivity index (χ1n) is 6.53. The lowest BCUT2D eigenvalue weighted by Gasteiger charge is -2.14. The van der Waals surface area contributed by atoms with Crippen LogP contribution in [0, 0.1) is 0 Å². The van der Waals surface area contributed by atoms with Gasteiger partial charge in [0.25, 0.3) is 0 Å². The van der Waals surface area contributed by atoms with Gasteiger partial charge >= 0.3 is 0 Å². The van der Waals surface area contributed by atoms with E-state index in [0.717, 1.165) is 30.8 Å². The van der Waals surface area contributed by atoms with E-state index in [4.69, 9.17) is 4.74 Å². The second-order valence-electron chi connectivity index (χ2n) is 4.75. The molecule has 1 N–H and O–H groups in total. The third-order valence-corrected chi connectivity index (χ3v) is 3.59. The van der Waals surface area contributed by atoms with Gasteiger partial charge in [0, 0.05) is 18.8 Å². The average Bonchev–Trinajstić information content (AvgIpc) is 2.88. The van der Waals surface area contributed by atoms with Gasteiger partial charge in [0.15, 0.2) is 0 Å². The number of methoxy groups -OCH3 is 1. The van der Waals surface area contributed by atoms with E-state index in [-0.39, 0.29) is 0 Å². The minimum Gasteiger partial charge on any atom is -0.497 e. The Hall–Kier alpha value is -1.94. The standard InChI is InChI=1S/C15H17N3O/c1-19-13-6-4-11-5-7-15(14(11)9-13)16-10-12-3-2-8-17-18-12/h2-4,6,8-9,15-16H,5,7,10H2,1H3. The number of hydrogen-bond donors (Lipinski definition) is 1. The summed E-state index contributed by atoms with van der Waals surface area (Å²) in [6, 6.07) is 10.6. The molecule has 1 aliphatic rings. The van der Waals surface area contributed by atoms with E-state index >= 15 is 0 Å². The summed E-state index contributed by atoms with van der Waals surface area (Å²) in [5.74, 6) is 0.923. The lowest BCUT2D eigenvalue weighted by atomic mass is 10.1. The third kappa shape index (κ3) is 2.58. The first kappa shape index (κ1) is 12.1. The van der Waals surface area contributed by atoms with Crippen molar-refractivity contribution in [3.63, 3.8) is 0 Å². The van der Waals surface area contributed by atoms with Gasteiger partial charge in [-0.3, -0.25) is 0 Å². The van der Waals surface area contributed by atoms with Crippen molar-refractivity contribution < 1.29 is 4.74 Å². The van der Waals surface area contributed by atoms with Crippen LogP contribution in [0.1, 0.15) is 29.3 Å². The zero-order chi connectivity index (χ0) is 13.1. The second kappa shape index (κ2) is 5.36. The van der Waals surface area contributed by atoms with Crippen LogP contribution in [0.4, 0.5) is 0 Å². The number of nitrogens with zero attached hydrogens (tertiary/aromatic N) is 2. The molecule has 0 amide bonds. The van der Waals surface area contributed by atoms with Crippen molar-refractivity contribution in [1.29, 1.82) is 0 Å². The summed E-state index contributed by atoms with van der Waals surface area (Å²) in [7, 11) is 1.71. The summed E-state index contributed by atoms with van der Waals surface area (Å²) in [5, 5.41) is 11.5. The van der Waals surface area contributed by atoms with Crippen molar-refractivity contribution in [1.82, 2.24) is 15.5 Å². The minimum absolute atomic E-state index is 0.382. The predicted molar refractivity (Wildman–Crippen MR) is 72.9 cm³/mol. The van der Waals surface area contributed by atoms with E-state index in [9.17, 15) is 0 Å². The predicted octanol–water partition coefficient (Wildman–Crippen LogP) is 2.26. The summed E-state index contributed by atoms with van der Waals surface area (Å²) in [6.45, 7) is 0.745. The molecule has 1 unspecified atom stereocenters. The van der Waals surface area contributed by atoms with Crippen LogP contribution < -0.4 is 10.1 Å². The summed E-state index contributed by atoms with van der Waals surface area (Å²) in [4.78, 5) is 0. The minimum atomic E-state index is 0.382. The van der Waals surface area contributed by atoms with Crippen LogP contribution in [0.5, 0.6) is 5.75 Å². The van der Waals surface area contributed by atoms with Gasteiger partial charge in [-0.15, -0.1) is 0 Å². The second-order valence-corrected chi connectivity index (χ2v) is 4.75. The molecule has 0 aliphatic heterocycles. The molecule has 3 rings (SSSR count). The van der Waals surface area contributed by atoms with Crippen molar-refractivity contribution >= 4 is 0 Å². The van der Waals surface area contributed by atoms with Crippen LogP contribution in [0.15, 0.2) is 36.5 Å². The van der Waals surface area contributed by atoms with E-state index in [0.29, 0.717) is 6.04 Å². The van der Waals surface area contributed by atoms with E-state index in [1.807, 2.05) is 18.2 Å². The molecule has 0 fully saturated rings. The Morgan fingerprint density at radius 2 is 2.32 bits per heavy atom. The number of nitrogens with one attached hydrogen (secondary N) is 1. The van der Waals surface area contributed by atoms with Crippen LogP contribution >= 0.6 is 0 Å². The Morgan fingerprint density at radius 1 is 1.37 bits per heavy atom. The number of aryl methyl sites for hydroxylation is 1. The van der Waals surface area contributed by atoms with E-state index < -0.39 is 0 Å². The number of ether oxygens (including phenoxy) is 1. The fourth-order valence-electron chi connectivity index (χ4n) is 2.57. The fraction of sp³-hybridized carbons (Fsp3) is 0.333. The van der Waals surface area contributed by atoms with Gasteiger partial charge in [-0.2, -0.15) is 10.2 Å². The molecule has 0 radical (unpaired) electrons. The van der Waals surface area contributed by atoms with Gasteiger partial charge in [0.05, 0.1) is 12.8 Å². The Kier molecular flexibility index (Phi) is 3.42. The summed E-state index contributed by atoms with van der Waals surface area (Å²) in [5.41, 5.74) is 3.74. The quantitative estimate of drug-likeness (QED) is 0.910. The number of aromatic nitrogens is 2. The smallest absolute Gasteiger partial charge is 0.119 e. The summed E-state index contributed by atoms with van der Waals surface area (Å²) in [6.07, 6.45) is 3.94. The van der Waals surface area contributed by atoms with Crippen LogP contribution in [-0.4, -0.2) is 17.3 Å². The van der Waals surface area contributed by atoms with Gasteiger partial charge in [-0.25, -0.2) is 0 Å². The number of hydrogen-bond acceptors (Lipinski definition) is 4. The molecule has 0 bridgehead atoms. The molecular formula is C15H17N3O.